The Morgan fingerprint density at radius 1 is 1.23 bits per heavy atom. The maximum atomic E-state index is 4.02. The van der Waals surface area contributed by atoms with Crippen LogP contribution in [0.3, 0.4) is 0 Å². The van der Waals surface area contributed by atoms with Gasteiger partial charge in [0.15, 0.2) is 0 Å². The van der Waals surface area contributed by atoms with E-state index in [2.05, 4.69) is 36.3 Å². The summed E-state index contributed by atoms with van der Waals surface area (Å²) in [6, 6.07) is 3.91. The number of aromatic nitrogens is 2. The molecule has 3 heteroatoms. The van der Waals surface area contributed by atoms with Crippen molar-refractivity contribution in [2.24, 2.45) is 5.41 Å². The van der Waals surface area contributed by atoms with Crippen LogP contribution < -0.4 is 5.32 Å². The molecule has 0 saturated carbocycles. The van der Waals surface area contributed by atoms with Gasteiger partial charge in [-0.05, 0) is 24.5 Å². The lowest BCUT2D eigenvalue weighted by molar-refractivity contribution is 0.442. The zero-order chi connectivity index (χ0) is 9.90. The summed E-state index contributed by atoms with van der Waals surface area (Å²) in [6.45, 7) is 9.39. The van der Waals surface area contributed by atoms with Crippen LogP contribution in [0.1, 0.15) is 26.5 Å². The monoisotopic (exact) mass is 179 g/mol. The van der Waals surface area contributed by atoms with Gasteiger partial charge in [-0.3, -0.25) is 0 Å². The summed E-state index contributed by atoms with van der Waals surface area (Å²) < 4.78 is 0. The first-order valence-corrected chi connectivity index (χ1v) is 4.52. The lowest BCUT2D eigenvalue weighted by Crippen LogP contribution is -2.19. The number of rotatable bonds is 2. The normalized spacial score (nSPS) is 11.4. The molecular weight excluding hydrogens is 162 g/mol. The van der Waals surface area contributed by atoms with Gasteiger partial charge in [-0.15, -0.1) is 5.10 Å². The molecule has 1 rings (SSSR count). The molecule has 72 valence electrons. The Morgan fingerprint density at radius 3 is 2.38 bits per heavy atom. The number of nitrogens with one attached hydrogen (secondary N) is 1. The van der Waals surface area contributed by atoms with Crippen LogP contribution in [0.2, 0.25) is 0 Å². The van der Waals surface area contributed by atoms with E-state index in [0.717, 1.165) is 18.1 Å². The summed E-state index contributed by atoms with van der Waals surface area (Å²) >= 11 is 0. The van der Waals surface area contributed by atoms with E-state index in [-0.39, 0.29) is 5.41 Å². The van der Waals surface area contributed by atoms with Gasteiger partial charge in [0, 0.05) is 6.54 Å². The lowest BCUT2D eigenvalue weighted by atomic mass is 9.97. The van der Waals surface area contributed by atoms with Crippen LogP contribution in [0.15, 0.2) is 12.1 Å². The van der Waals surface area contributed by atoms with Gasteiger partial charge < -0.3 is 5.32 Å². The molecular formula is C10H17N3. The van der Waals surface area contributed by atoms with E-state index in [1.807, 2.05) is 19.1 Å². The van der Waals surface area contributed by atoms with Gasteiger partial charge in [0.1, 0.15) is 5.82 Å². The molecule has 1 N–H and O–H groups in total. The molecule has 0 unspecified atom stereocenters. The Balaban J connectivity index is 2.51. The second-order valence-electron chi connectivity index (χ2n) is 4.47. The standard InChI is InChI=1S/C10H17N3/c1-8-5-6-9(13-12-8)11-7-10(2,3)4/h5-6H,7H2,1-4H3,(H,11,13). The van der Waals surface area contributed by atoms with E-state index >= 15 is 0 Å². The highest BCUT2D eigenvalue weighted by Gasteiger charge is 2.09. The van der Waals surface area contributed by atoms with Crippen molar-refractivity contribution in [3.05, 3.63) is 17.8 Å². The minimum atomic E-state index is 0.270. The molecule has 0 atom stereocenters. The maximum Gasteiger partial charge on any atom is 0.148 e. The van der Waals surface area contributed by atoms with Gasteiger partial charge in [0.2, 0.25) is 0 Å². The van der Waals surface area contributed by atoms with Gasteiger partial charge >= 0.3 is 0 Å². The number of hydrogen-bond acceptors (Lipinski definition) is 3. The summed E-state index contributed by atoms with van der Waals surface area (Å²) in [7, 11) is 0. The van der Waals surface area contributed by atoms with Crippen LogP contribution >= 0.6 is 0 Å². The Morgan fingerprint density at radius 2 is 1.92 bits per heavy atom. The summed E-state index contributed by atoms with van der Waals surface area (Å²) in [4.78, 5) is 0. The molecule has 13 heavy (non-hydrogen) atoms. The molecule has 0 aliphatic heterocycles. The summed E-state index contributed by atoms with van der Waals surface area (Å²) in [5, 5.41) is 11.2. The Kier molecular flexibility index (Phi) is 2.86. The van der Waals surface area contributed by atoms with E-state index in [1.54, 1.807) is 0 Å². The van der Waals surface area contributed by atoms with Crippen LogP contribution in [-0.2, 0) is 0 Å². The highest BCUT2D eigenvalue weighted by molar-refractivity contribution is 5.32. The van der Waals surface area contributed by atoms with E-state index in [0.29, 0.717) is 0 Å². The molecule has 0 fully saturated rings. The molecule has 0 saturated heterocycles. The summed E-state index contributed by atoms with van der Waals surface area (Å²) in [5.41, 5.74) is 1.22. The summed E-state index contributed by atoms with van der Waals surface area (Å²) in [5.74, 6) is 0.848. The second-order valence-corrected chi connectivity index (χ2v) is 4.47. The largest absolute Gasteiger partial charge is 0.368 e. The molecule has 1 aromatic heterocycles. The molecule has 0 aliphatic rings. The van der Waals surface area contributed by atoms with Crippen molar-refractivity contribution in [1.82, 2.24) is 10.2 Å². The quantitative estimate of drug-likeness (QED) is 0.756. The molecule has 0 bridgehead atoms. The first-order chi connectivity index (χ1) is 5.97. The summed E-state index contributed by atoms with van der Waals surface area (Å²) in [6.07, 6.45) is 0. The van der Waals surface area contributed by atoms with Gasteiger partial charge in [-0.2, -0.15) is 5.10 Å². The molecule has 0 amide bonds. The van der Waals surface area contributed by atoms with Gasteiger partial charge in [0.05, 0.1) is 5.69 Å². The Labute approximate surface area is 79.6 Å². The van der Waals surface area contributed by atoms with Crippen molar-refractivity contribution in [1.29, 1.82) is 0 Å². The minimum Gasteiger partial charge on any atom is -0.368 e. The van der Waals surface area contributed by atoms with E-state index < -0.39 is 0 Å². The number of nitrogens with zero attached hydrogens (tertiary/aromatic N) is 2. The van der Waals surface area contributed by atoms with E-state index in [1.165, 1.54) is 0 Å². The number of hydrogen-bond donors (Lipinski definition) is 1. The van der Waals surface area contributed by atoms with Gasteiger partial charge in [-0.1, -0.05) is 20.8 Å². The average Bonchev–Trinajstić information content (AvgIpc) is 2.02. The third kappa shape index (κ3) is 3.87. The van der Waals surface area contributed by atoms with Crippen molar-refractivity contribution < 1.29 is 0 Å². The fraction of sp³-hybridized carbons (Fsp3) is 0.600. The minimum absolute atomic E-state index is 0.270. The van der Waals surface area contributed by atoms with Crippen molar-refractivity contribution >= 4 is 5.82 Å². The van der Waals surface area contributed by atoms with Crippen molar-refractivity contribution in [2.45, 2.75) is 27.7 Å². The topological polar surface area (TPSA) is 37.8 Å². The predicted molar refractivity (Wildman–Crippen MR) is 54.7 cm³/mol. The smallest absolute Gasteiger partial charge is 0.148 e. The van der Waals surface area contributed by atoms with Crippen molar-refractivity contribution in [3.63, 3.8) is 0 Å². The zero-order valence-electron chi connectivity index (χ0n) is 8.76. The average molecular weight is 179 g/mol. The van der Waals surface area contributed by atoms with Gasteiger partial charge in [-0.25, -0.2) is 0 Å². The van der Waals surface area contributed by atoms with Crippen LogP contribution in [0.5, 0.6) is 0 Å². The second kappa shape index (κ2) is 3.73. The number of anilines is 1. The first kappa shape index (κ1) is 9.96. The molecule has 3 nitrogen and oxygen atoms in total. The highest BCUT2D eigenvalue weighted by atomic mass is 15.2. The van der Waals surface area contributed by atoms with Crippen molar-refractivity contribution in [3.8, 4) is 0 Å². The Bertz CT molecular complexity index is 258. The van der Waals surface area contributed by atoms with E-state index in [4.69, 9.17) is 0 Å². The van der Waals surface area contributed by atoms with Gasteiger partial charge in [0.25, 0.3) is 0 Å². The first-order valence-electron chi connectivity index (χ1n) is 4.52. The molecule has 0 aromatic carbocycles. The fourth-order valence-corrected chi connectivity index (χ4v) is 0.849. The SMILES string of the molecule is Cc1ccc(NCC(C)(C)C)nn1. The highest BCUT2D eigenvalue weighted by Crippen LogP contribution is 2.13. The molecule has 1 aromatic rings. The molecule has 0 aliphatic carbocycles. The third-order valence-electron chi connectivity index (χ3n) is 1.60. The molecule has 0 radical (unpaired) electrons. The van der Waals surface area contributed by atoms with Crippen LogP contribution in [0, 0.1) is 12.3 Å². The van der Waals surface area contributed by atoms with Crippen LogP contribution in [-0.4, -0.2) is 16.7 Å². The lowest BCUT2D eigenvalue weighted by Gasteiger charge is -2.18. The predicted octanol–water partition coefficient (Wildman–Crippen LogP) is 2.24. The fourth-order valence-electron chi connectivity index (χ4n) is 0.849. The molecule has 1 heterocycles. The third-order valence-corrected chi connectivity index (χ3v) is 1.60. The zero-order valence-corrected chi connectivity index (χ0v) is 8.76. The van der Waals surface area contributed by atoms with Crippen LogP contribution in [0.25, 0.3) is 0 Å². The molecule has 0 spiro atoms. The van der Waals surface area contributed by atoms with Crippen molar-refractivity contribution in [2.75, 3.05) is 11.9 Å². The Hall–Kier alpha value is -1.12. The maximum absolute atomic E-state index is 4.02. The van der Waals surface area contributed by atoms with E-state index in [9.17, 15) is 0 Å². The number of aryl methyl sites for hydroxylation is 1. The van der Waals surface area contributed by atoms with Crippen LogP contribution in [0.4, 0.5) is 5.82 Å².